The number of hydrogen-bond acceptors (Lipinski definition) is 7. The van der Waals surface area contributed by atoms with Crippen LogP contribution < -0.4 is 11.6 Å². The lowest BCUT2D eigenvalue weighted by atomic mass is 9.60. The Morgan fingerprint density at radius 2 is 1.95 bits per heavy atom. The predicted octanol–water partition coefficient (Wildman–Crippen LogP) is 3.01. The molecule has 2 aliphatic heterocycles. The van der Waals surface area contributed by atoms with Gasteiger partial charge in [-0.1, -0.05) is 5.57 Å². The Bertz CT molecular complexity index is 1710. The summed E-state index contributed by atoms with van der Waals surface area (Å²) >= 11 is 0. The molecule has 10 nitrogen and oxygen atoms in total. The first-order valence-corrected chi connectivity index (χ1v) is 15.0. The summed E-state index contributed by atoms with van der Waals surface area (Å²) in [4.78, 5) is 18.7. The monoisotopic (exact) mass is 613 g/mol. The minimum absolute atomic E-state index is 0.00935. The van der Waals surface area contributed by atoms with E-state index in [0.717, 1.165) is 16.3 Å². The third-order valence-corrected chi connectivity index (χ3v) is 10.4. The molecule has 1 spiro atoms. The third kappa shape index (κ3) is 4.22. The maximum absolute atomic E-state index is 16.3. The van der Waals surface area contributed by atoms with E-state index in [1.165, 1.54) is 52.4 Å². The van der Waals surface area contributed by atoms with Gasteiger partial charge in [0.25, 0.3) is 0 Å². The Morgan fingerprint density at radius 1 is 1.21 bits per heavy atom. The zero-order valence-electron chi connectivity index (χ0n) is 23.3. The van der Waals surface area contributed by atoms with Crippen molar-refractivity contribution in [2.45, 2.75) is 43.8 Å². The van der Waals surface area contributed by atoms with Crippen molar-refractivity contribution in [2.24, 2.45) is 17.0 Å². The smallest absolute Gasteiger partial charge is 0.369 e. The second-order valence-electron chi connectivity index (χ2n) is 11.6. The van der Waals surface area contributed by atoms with Gasteiger partial charge in [-0.3, -0.25) is 9.78 Å². The number of halogens is 3. The molecule has 7 rings (SSSR count). The number of hydrazine groups is 1. The summed E-state index contributed by atoms with van der Waals surface area (Å²) in [5.41, 5.74) is 6.58. The van der Waals surface area contributed by atoms with Crippen molar-refractivity contribution in [3.63, 3.8) is 0 Å². The van der Waals surface area contributed by atoms with E-state index in [0.29, 0.717) is 43.1 Å². The molecule has 2 aliphatic carbocycles. The molecule has 3 unspecified atom stereocenters. The summed E-state index contributed by atoms with van der Waals surface area (Å²) in [7, 11) is -0.221. The van der Waals surface area contributed by atoms with Crippen molar-refractivity contribution in [3.05, 3.63) is 87.9 Å². The highest BCUT2D eigenvalue weighted by Crippen LogP contribution is 2.54. The van der Waals surface area contributed by atoms with Gasteiger partial charge in [-0.2, -0.15) is 8.78 Å². The molecule has 0 radical (unpaired) electrons. The number of ketones is 1. The van der Waals surface area contributed by atoms with E-state index in [1.807, 2.05) is 6.08 Å². The largest absolute Gasteiger partial charge is 0.389 e. The van der Waals surface area contributed by atoms with E-state index >= 15 is 8.78 Å². The topological polar surface area (TPSA) is 125 Å². The minimum atomic E-state index is -3.53. The number of Topliss-reactive ketones (excluding diaryl/α,β-unsaturated/α-hetero) is 1. The second kappa shape index (κ2) is 9.91. The third-order valence-electron chi connectivity index (χ3n) is 8.88. The summed E-state index contributed by atoms with van der Waals surface area (Å²) in [5, 5.41) is 1.27. The van der Waals surface area contributed by atoms with Crippen LogP contribution in [0, 0.1) is 11.2 Å². The van der Waals surface area contributed by atoms with Gasteiger partial charge in [0.05, 0.1) is 41.7 Å². The second-order valence-corrected chi connectivity index (χ2v) is 12.9. The van der Waals surface area contributed by atoms with Crippen LogP contribution >= 0.6 is 0 Å². The van der Waals surface area contributed by atoms with Gasteiger partial charge in [0.1, 0.15) is 27.5 Å². The van der Waals surface area contributed by atoms with Crippen LogP contribution in [0.3, 0.4) is 0 Å². The quantitative estimate of drug-likeness (QED) is 0.324. The number of hydrogen-bond donors (Lipinski definition) is 2. The van der Waals surface area contributed by atoms with Gasteiger partial charge in [0.15, 0.2) is 5.78 Å². The number of aromatic nitrogens is 3. The average Bonchev–Trinajstić information content (AvgIpc) is 2.95. The standard InChI is InChI=1S/C29H30F3N7O3S/c1-36(34)14-26(33)43(41)38(22-15-42-16-22)21-5-2-17-11-24-25-13-28(17,12-21)27(40)23-10-18(8-9-35-23)29(31,32)39(25)37(24)20-6-3-19(30)4-7-20/h3-4,6-11,14,21-22H,2,5,12-13,15-16,33-34H2,1H3/b26-14+. The molecule has 43 heavy (non-hydrogen) atoms. The van der Waals surface area contributed by atoms with Crippen LogP contribution in [0.1, 0.15) is 46.7 Å². The molecule has 0 amide bonds. The number of nitrogens with two attached hydrogens (primary N) is 2. The predicted molar refractivity (Wildman–Crippen MR) is 152 cm³/mol. The Kier molecular flexibility index (Phi) is 6.47. The Morgan fingerprint density at radius 3 is 2.63 bits per heavy atom. The Labute approximate surface area is 247 Å². The Hall–Kier alpha value is -3.72. The van der Waals surface area contributed by atoms with E-state index < -0.39 is 28.3 Å². The van der Waals surface area contributed by atoms with Crippen molar-refractivity contribution in [2.75, 3.05) is 20.3 Å². The molecule has 2 fully saturated rings. The number of allylic oxidation sites excluding steroid dienone is 1. The SMILES string of the molecule is CN(N)/C=C(\N)S(=O)N(C1COC1)C1CCC2=Cc3c4n(n3-c3ccc(F)cc3)C(F)(F)c3ccnc(c3)C(=O)C2(C4)C1. The number of carbonyl (C=O) groups excluding carboxylic acids is 1. The molecular weight excluding hydrogens is 583 g/mol. The van der Waals surface area contributed by atoms with Crippen LogP contribution in [0.4, 0.5) is 13.2 Å². The van der Waals surface area contributed by atoms with E-state index in [4.69, 9.17) is 16.3 Å². The van der Waals surface area contributed by atoms with E-state index in [1.54, 1.807) is 11.4 Å². The number of ether oxygens (including phenoxy) is 1. The fourth-order valence-electron chi connectivity index (χ4n) is 6.85. The normalized spacial score (nSPS) is 25.3. The average molecular weight is 614 g/mol. The fourth-order valence-corrected chi connectivity index (χ4v) is 8.19. The summed E-state index contributed by atoms with van der Waals surface area (Å²) in [6.07, 6.45) is 5.68. The molecule has 3 aromatic rings. The number of pyridine rings is 1. The summed E-state index contributed by atoms with van der Waals surface area (Å²) in [5.74, 6) is 4.89. The van der Waals surface area contributed by atoms with Gasteiger partial charge < -0.3 is 15.5 Å². The number of benzene rings is 1. The van der Waals surface area contributed by atoms with Gasteiger partial charge in [-0.05, 0) is 61.7 Å². The van der Waals surface area contributed by atoms with Crippen LogP contribution in [-0.4, -0.2) is 66.0 Å². The molecule has 4 N–H and O–H groups in total. The van der Waals surface area contributed by atoms with E-state index in [9.17, 15) is 13.4 Å². The molecular formula is C29H30F3N7O3S. The highest BCUT2D eigenvalue weighted by Gasteiger charge is 2.56. The molecule has 4 bridgehead atoms. The van der Waals surface area contributed by atoms with E-state index in [-0.39, 0.29) is 47.0 Å². The molecule has 1 saturated carbocycles. The molecule has 226 valence electrons. The van der Waals surface area contributed by atoms with Crippen LogP contribution in [0.25, 0.3) is 11.8 Å². The maximum Gasteiger partial charge on any atom is 0.369 e. The van der Waals surface area contributed by atoms with Crippen molar-refractivity contribution in [1.82, 2.24) is 23.7 Å². The summed E-state index contributed by atoms with van der Waals surface area (Å²) < 4.78 is 69.7. The highest BCUT2D eigenvalue weighted by molar-refractivity contribution is 7.86. The Balaban J connectivity index is 1.38. The van der Waals surface area contributed by atoms with E-state index in [2.05, 4.69) is 4.98 Å². The van der Waals surface area contributed by atoms with Gasteiger partial charge in [-0.15, -0.1) is 0 Å². The maximum atomic E-state index is 16.3. The first kappa shape index (κ1) is 28.1. The molecule has 4 heterocycles. The number of nitrogens with zero attached hydrogens (tertiary/aromatic N) is 5. The van der Waals surface area contributed by atoms with Crippen molar-refractivity contribution < 1.29 is 26.9 Å². The molecule has 4 aliphatic rings. The zero-order valence-corrected chi connectivity index (χ0v) is 24.1. The van der Waals surface area contributed by atoms with Crippen LogP contribution in [-0.2, 0) is 28.2 Å². The number of carbonyl (C=O) groups is 1. The van der Waals surface area contributed by atoms with Gasteiger partial charge in [0.2, 0.25) is 0 Å². The fraction of sp³-hybridized carbons (Fsp3) is 0.379. The van der Waals surface area contributed by atoms with Crippen LogP contribution in [0.15, 0.2) is 59.4 Å². The molecule has 3 atom stereocenters. The number of alkyl halides is 2. The van der Waals surface area contributed by atoms with Crippen LogP contribution in [0.2, 0.25) is 0 Å². The van der Waals surface area contributed by atoms with Crippen molar-refractivity contribution in [3.8, 4) is 5.69 Å². The van der Waals surface area contributed by atoms with Gasteiger partial charge in [0, 0.05) is 37.5 Å². The minimum Gasteiger partial charge on any atom is -0.389 e. The number of rotatable bonds is 6. The first-order valence-electron chi connectivity index (χ1n) is 13.9. The number of fused-ring (bicyclic) bond motifs is 2. The van der Waals surface area contributed by atoms with Crippen molar-refractivity contribution >= 4 is 22.8 Å². The summed E-state index contributed by atoms with van der Waals surface area (Å²) in [6.45, 7) is 0.701. The highest BCUT2D eigenvalue weighted by atomic mass is 32.2. The zero-order chi connectivity index (χ0) is 30.3. The van der Waals surface area contributed by atoms with Crippen LogP contribution in [0.5, 0.6) is 0 Å². The lowest BCUT2D eigenvalue weighted by Gasteiger charge is -2.50. The molecule has 2 aromatic heterocycles. The lowest BCUT2D eigenvalue weighted by molar-refractivity contribution is -0.0665. The summed E-state index contributed by atoms with van der Waals surface area (Å²) in [6, 6.07) is 3.61. The van der Waals surface area contributed by atoms with Gasteiger partial charge in [-0.25, -0.2) is 28.1 Å². The molecule has 14 heteroatoms. The first-order chi connectivity index (χ1) is 20.5. The lowest BCUT2D eigenvalue weighted by Crippen LogP contribution is -2.58. The van der Waals surface area contributed by atoms with Crippen molar-refractivity contribution in [1.29, 1.82) is 0 Å². The van der Waals surface area contributed by atoms with Gasteiger partial charge >= 0.3 is 6.05 Å². The molecule has 1 aromatic carbocycles. The molecule has 1 saturated heterocycles.